The first-order valence-corrected chi connectivity index (χ1v) is 4.10. The highest BCUT2D eigenvalue weighted by atomic mass is 19.4. The first-order chi connectivity index (χ1) is 7.00. The van der Waals surface area contributed by atoms with E-state index in [0.717, 1.165) is 13.2 Å². The molecule has 0 aromatic heterocycles. The number of hydrogen-bond donors (Lipinski definition) is 0. The van der Waals surface area contributed by atoms with E-state index in [0.29, 0.717) is 0 Å². The van der Waals surface area contributed by atoms with Gasteiger partial charge in [0.1, 0.15) is 5.75 Å². The summed E-state index contributed by atoms with van der Waals surface area (Å²) < 4.78 is 42.2. The zero-order chi connectivity index (χ0) is 11.5. The molecule has 2 nitrogen and oxygen atoms in total. The van der Waals surface area contributed by atoms with Crippen molar-refractivity contribution in [1.82, 2.24) is 0 Å². The van der Waals surface area contributed by atoms with E-state index in [1.165, 1.54) is 12.1 Å². The van der Waals surface area contributed by atoms with Gasteiger partial charge in [0.2, 0.25) is 0 Å². The predicted molar refractivity (Wildman–Crippen MR) is 47.3 cm³/mol. The van der Waals surface area contributed by atoms with Crippen LogP contribution in [0.4, 0.5) is 13.2 Å². The van der Waals surface area contributed by atoms with Crippen LogP contribution in [0.5, 0.6) is 5.75 Å². The molecule has 0 spiro atoms. The van der Waals surface area contributed by atoms with Crippen LogP contribution in [0.15, 0.2) is 18.2 Å². The summed E-state index contributed by atoms with van der Waals surface area (Å²) in [4.78, 5) is 0. The van der Waals surface area contributed by atoms with Crippen LogP contribution in [0.3, 0.4) is 0 Å². The van der Waals surface area contributed by atoms with Crippen molar-refractivity contribution < 1.29 is 17.9 Å². The molecule has 15 heavy (non-hydrogen) atoms. The number of methoxy groups -OCH3 is 1. The van der Waals surface area contributed by atoms with Crippen molar-refractivity contribution in [2.45, 2.75) is 12.6 Å². The van der Waals surface area contributed by atoms with Gasteiger partial charge >= 0.3 is 6.18 Å². The second kappa shape index (κ2) is 4.22. The van der Waals surface area contributed by atoms with Crippen LogP contribution in [-0.2, 0) is 12.6 Å². The normalized spacial score (nSPS) is 10.9. The molecule has 0 radical (unpaired) electrons. The first-order valence-electron chi connectivity index (χ1n) is 4.10. The fourth-order valence-electron chi connectivity index (χ4n) is 1.27. The summed E-state index contributed by atoms with van der Waals surface area (Å²) in [5, 5.41) is 8.45. The lowest BCUT2D eigenvalue weighted by Gasteiger charge is -2.14. The molecule has 5 heteroatoms. The van der Waals surface area contributed by atoms with Crippen LogP contribution in [0, 0.1) is 11.3 Å². The summed E-state index contributed by atoms with van der Waals surface area (Å²) >= 11 is 0. The maximum Gasteiger partial charge on any atom is 0.419 e. The summed E-state index contributed by atoms with van der Waals surface area (Å²) in [6.07, 6.45) is -4.57. The Kier molecular flexibility index (Phi) is 3.20. The van der Waals surface area contributed by atoms with Crippen molar-refractivity contribution in [1.29, 1.82) is 5.26 Å². The van der Waals surface area contributed by atoms with Crippen LogP contribution in [0.1, 0.15) is 11.1 Å². The highest BCUT2D eigenvalue weighted by Crippen LogP contribution is 2.37. The lowest BCUT2D eigenvalue weighted by atomic mass is 10.1. The molecule has 80 valence electrons. The van der Waals surface area contributed by atoms with Gasteiger partial charge in [-0.25, -0.2) is 0 Å². The number of para-hydroxylation sites is 1. The van der Waals surface area contributed by atoms with Crippen LogP contribution in [0.2, 0.25) is 0 Å². The Labute approximate surface area is 84.9 Å². The van der Waals surface area contributed by atoms with Gasteiger partial charge in [0.25, 0.3) is 0 Å². The Morgan fingerprint density at radius 1 is 1.40 bits per heavy atom. The molecule has 0 aliphatic heterocycles. The number of alkyl halides is 3. The monoisotopic (exact) mass is 215 g/mol. The molecule has 0 amide bonds. The zero-order valence-electron chi connectivity index (χ0n) is 7.93. The third kappa shape index (κ3) is 2.40. The maximum atomic E-state index is 12.5. The average Bonchev–Trinajstić information content (AvgIpc) is 2.16. The second-order valence-corrected chi connectivity index (χ2v) is 2.83. The molecule has 0 aliphatic carbocycles. The van der Waals surface area contributed by atoms with E-state index in [1.807, 2.05) is 0 Å². The molecule has 0 fully saturated rings. The highest BCUT2D eigenvalue weighted by Gasteiger charge is 2.34. The fourth-order valence-corrected chi connectivity index (χ4v) is 1.27. The van der Waals surface area contributed by atoms with Gasteiger partial charge in [-0.15, -0.1) is 0 Å². The quantitative estimate of drug-likeness (QED) is 0.759. The summed E-state index contributed by atoms with van der Waals surface area (Å²) in [6, 6.07) is 5.42. The molecule has 1 rings (SSSR count). The van der Waals surface area contributed by atoms with E-state index in [4.69, 9.17) is 5.26 Å². The van der Waals surface area contributed by atoms with E-state index in [-0.39, 0.29) is 17.7 Å². The van der Waals surface area contributed by atoms with Crippen molar-refractivity contribution in [3.8, 4) is 11.8 Å². The number of benzene rings is 1. The summed E-state index contributed by atoms with van der Waals surface area (Å²) in [7, 11) is 1.16. The third-order valence-corrected chi connectivity index (χ3v) is 1.88. The Hall–Kier alpha value is -1.70. The SMILES string of the molecule is COc1c(CC#N)cccc1C(F)(F)F. The van der Waals surface area contributed by atoms with E-state index >= 15 is 0 Å². The fraction of sp³-hybridized carbons (Fsp3) is 0.300. The second-order valence-electron chi connectivity index (χ2n) is 2.83. The molecule has 0 bridgehead atoms. The molecule has 1 aromatic carbocycles. The molecular formula is C10H8F3NO. The molecule has 0 saturated carbocycles. The average molecular weight is 215 g/mol. The Morgan fingerprint density at radius 3 is 2.53 bits per heavy atom. The van der Waals surface area contributed by atoms with Gasteiger partial charge in [0, 0.05) is 5.56 Å². The zero-order valence-corrected chi connectivity index (χ0v) is 7.93. The first kappa shape index (κ1) is 11.4. The number of nitrogens with zero attached hydrogens (tertiary/aromatic N) is 1. The molecule has 0 unspecified atom stereocenters. The van der Waals surface area contributed by atoms with Gasteiger partial charge < -0.3 is 4.74 Å². The predicted octanol–water partition coefficient (Wildman–Crippen LogP) is 2.78. The van der Waals surface area contributed by atoms with E-state index in [1.54, 1.807) is 6.07 Å². The third-order valence-electron chi connectivity index (χ3n) is 1.88. The van der Waals surface area contributed by atoms with Crippen molar-refractivity contribution in [2.75, 3.05) is 7.11 Å². The van der Waals surface area contributed by atoms with Gasteiger partial charge in [0.15, 0.2) is 0 Å². The molecule has 0 heterocycles. The van der Waals surface area contributed by atoms with Crippen molar-refractivity contribution in [2.24, 2.45) is 0 Å². The standard InChI is InChI=1S/C10H8F3NO/c1-15-9-7(5-6-14)3-2-4-8(9)10(11,12)13/h2-4H,5H2,1H3. The van der Waals surface area contributed by atoms with Gasteiger partial charge in [-0.05, 0) is 6.07 Å². The van der Waals surface area contributed by atoms with Crippen molar-refractivity contribution in [3.05, 3.63) is 29.3 Å². The molecule has 0 aliphatic rings. The van der Waals surface area contributed by atoms with Crippen LogP contribution < -0.4 is 4.74 Å². The smallest absolute Gasteiger partial charge is 0.419 e. The van der Waals surface area contributed by atoms with E-state index in [2.05, 4.69) is 4.74 Å². The number of halogens is 3. The summed E-state index contributed by atoms with van der Waals surface area (Å²) in [5.41, 5.74) is -0.604. The molecule has 0 N–H and O–H groups in total. The Morgan fingerprint density at radius 2 is 2.07 bits per heavy atom. The molecule has 1 aromatic rings. The number of ether oxygens (including phenoxy) is 1. The minimum Gasteiger partial charge on any atom is -0.496 e. The molecule has 0 atom stereocenters. The van der Waals surface area contributed by atoms with Gasteiger partial charge in [-0.3, -0.25) is 0 Å². The van der Waals surface area contributed by atoms with Crippen LogP contribution >= 0.6 is 0 Å². The lowest BCUT2D eigenvalue weighted by Crippen LogP contribution is -2.08. The highest BCUT2D eigenvalue weighted by molar-refractivity contribution is 5.44. The minimum absolute atomic E-state index is 0.104. The number of rotatable bonds is 2. The van der Waals surface area contributed by atoms with Gasteiger partial charge in [0.05, 0.1) is 25.2 Å². The minimum atomic E-state index is -4.46. The van der Waals surface area contributed by atoms with Crippen molar-refractivity contribution >= 4 is 0 Å². The van der Waals surface area contributed by atoms with Gasteiger partial charge in [-0.1, -0.05) is 12.1 Å². The summed E-state index contributed by atoms with van der Waals surface area (Å²) in [6.45, 7) is 0. The van der Waals surface area contributed by atoms with Gasteiger partial charge in [-0.2, -0.15) is 18.4 Å². The topological polar surface area (TPSA) is 33.0 Å². The van der Waals surface area contributed by atoms with E-state index in [9.17, 15) is 13.2 Å². The van der Waals surface area contributed by atoms with Crippen molar-refractivity contribution in [3.63, 3.8) is 0 Å². The van der Waals surface area contributed by atoms with Crippen LogP contribution in [0.25, 0.3) is 0 Å². The number of hydrogen-bond acceptors (Lipinski definition) is 2. The Bertz CT molecular complexity index is 393. The lowest BCUT2D eigenvalue weighted by molar-refractivity contribution is -0.138. The largest absolute Gasteiger partial charge is 0.496 e. The summed E-state index contributed by atoms with van der Waals surface area (Å²) in [5.74, 6) is -0.272. The maximum absolute atomic E-state index is 12.5. The van der Waals surface area contributed by atoms with E-state index < -0.39 is 11.7 Å². The number of nitriles is 1. The molecule has 0 saturated heterocycles. The van der Waals surface area contributed by atoms with Crippen LogP contribution in [-0.4, -0.2) is 7.11 Å². The Balaban J connectivity index is 3.30. The molecular weight excluding hydrogens is 207 g/mol.